The Balaban J connectivity index is 1.87. The average Bonchev–Trinajstić information content (AvgIpc) is 2.50. The fraction of sp³-hybridized carbons (Fsp3) is 0.706. The minimum atomic E-state index is -0.460. The summed E-state index contributed by atoms with van der Waals surface area (Å²) in [5.74, 6) is 0.307. The van der Waals surface area contributed by atoms with Crippen molar-refractivity contribution in [2.75, 3.05) is 0 Å². The standard InChI is InChI=1S/C17H25ClN2O3/c1-5-13-14(18)15(20-10-19-13)22-11-6-8-12(9-7-11)23-16(21)17(2,3)4/h10-12H,5-9H2,1-4H3. The predicted octanol–water partition coefficient (Wildman–Crippen LogP) is 3.97. The Labute approximate surface area is 142 Å². The number of ether oxygens (including phenoxy) is 2. The number of carbonyl (C=O) groups excluding carboxylic acids is 1. The first-order valence-electron chi connectivity index (χ1n) is 8.18. The molecular formula is C17H25ClN2O3. The van der Waals surface area contributed by atoms with Crippen LogP contribution in [0.4, 0.5) is 0 Å². The van der Waals surface area contributed by atoms with E-state index in [9.17, 15) is 4.79 Å². The van der Waals surface area contributed by atoms with Gasteiger partial charge in [-0.1, -0.05) is 18.5 Å². The Morgan fingerprint density at radius 2 is 1.83 bits per heavy atom. The van der Waals surface area contributed by atoms with E-state index in [1.807, 2.05) is 27.7 Å². The predicted molar refractivity (Wildman–Crippen MR) is 88.6 cm³/mol. The van der Waals surface area contributed by atoms with E-state index in [1.54, 1.807) is 0 Å². The molecule has 1 aliphatic carbocycles. The highest BCUT2D eigenvalue weighted by atomic mass is 35.5. The van der Waals surface area contributed by atoms with Crippen LogP contribution in [0.3, 0.4) is 0 Å². The van der Waals surface area contributed by atoms with Crippen LogP contribution in [-0.4, -0.2) is 28.1 Å². The van der Waals surface area contributed by atoms with E-state index in [2.05, 4.69) is 9.97 Å². The zero-order valence-electron chi connectivity index (χ0n) is 14.3. The summed E-state index contributed by atoms with van der Waals surface area (Å²) < 4.78 is 11.5. The lowest BCUT2D eigenvalue weighted by atomic mass is 9.93. The summed E-state index contributed by atoms with van der Waals surface area (Å²) in [6.45, 7) is 7.60. The third-order valence-corrected chi connectivity index (χ3v) is 4.33. The van der Waals surface area contributed by atoms with Gasteiger partial charge in [0.25, 0.3) is 0 Å². The second-order valence-electron chi connectivity index (χ2n) is 6.96. The molecule has 5 nitrogen and oxygen atoms in total. The van der Waals surface area contributed by atoms with E-state index in [4.69, 9.17) is 21.1 Å². The maximum atomic E-state index is 11.9. The number of nitrogens with zero attached hydrogens (tertiary/aromatic N) is 2. The van der Waals surface area contributed by atoms with Gasteiger partial charge in [-0.15, -0.1) is 0 Å². The SMILES string of the molecule is CCc1ncnc(OC2CCC(OC(=O)C(C)(C)C)CC2)c1Cl. The minimum absolute atomic E-state index is 0.0198. The van der Waals surface area contributed by atoms with Gasteiger partial charge in [-0.2, -0.15) is 0 Å². The van der Waals surface area contributed by atoms with Crippen LogP contribution >= 0.6 is 11.6 Å². The number of halogens is 1. The molecule has 1 aromatic rings. The summed E-state index contributed by atoms with van der Waals surface area (Å²) in [6.07, 6.45) is 5.51. The van der Waals surface area contributed by atoms with Gasteiger partial charge in [-0.3, -0.25) is 4.79 Å². The van der Waals surface area contributed by atoms with Crippen molar-refractivity contribution in [1.82, 2.24) is 9.97 Å². The van der Waals surface area contributed by atoms with E-state index >= 15 is 0 Å². The number of carbonyl (C=O) groups is 1. The largest absolute Gasteiger partial charge is 0.473 e. The molecule has 0 spiro atoms. The highest BCUT2D eigenvalue weighted by Gasteiger charge is 2.30. The molecule has 0 saturated heterocycles. The second kappa shape index (κ2) is 7.47. The van der Waals surface area contributed by atoms with E-state index in [0.29, 0.717) is 10.9 Å². The molecular weight excluding hydrogens is 316 g/mol. The van der Waals surface area contributed by atoms with Crippen molar-refractivity contribution >= 4 is 17.6 Å². The topological polar surface area (TPSA) is 61.3 Å². The van der Waals surface area contributed by atoms with Crippen LogP contribution in [0.5, 0.6) is 5.88 Å². The molecule has 1 saturated carbocycles. The van der Waals surface area contributed by atoms with Gasteiger partial charge in [-0.05, 0) is 52.9 Å². The van der Waals surface area contributed by atoms with Crippen molar-refractivity contribution in [2.45, 2.75) is 72.0 Å². The first kappa shape index (κ1) is 18.0. The van der Waals surface area contributed by atoms with Crippen molar-refractivity contribution in [2.24, 2.45) is 5.41 Å². The van der Waals surface area contributed by atoms with Gasteiger partial charge >= 0.3 is 5.97 Å². The quantitative estimate of drug-likeness (QED) is 0.776. The number of rotatable bonds is 4. The Hall–Kier alpha value is -1.36. The Morgan fingerprint density at radius 1 is 1.22 bits per heavy atom. The lowest BCUT2D eigenvalue weighted by Crippen LogP contribution is -2.33. The molecule has 1 heterocycles. The van der Waals surface area contributed by atoms with Crippen LogP contribution in [-0.2, 0) is 16.0 Å². The molecule has 6 heteroatoms. The van der Waals surface area contributed by atoms with Crippen LogP contribution in [0.2, 0.25) is 5.02 Å². The summed E-state index contributed by atoms with van der Waals surface area (Å²) in [5, 5.41) is 0.497. The van der Waals surface area contributed by atoms with Crippen LogP contribution in [0.1, 0.15) is 59.1 Å². The molecule has 0 radical (unpaired) electrons. The molecule has 0 aliphatic heterocycles. The molecule has 128 valence electrons. The number of aryl methyl sites for hydroxylation is 1. The first-order chi connectivity index (χ1) is 10.8. The van der Waals surface area contributed by atoms with E-state index in [-0.39, 0.29) is 18.2 Å². The summed E-state index contributed by atoms with van der Waals surface area (Å²) in [7, 11) is 0. The van der Waals surface area contributed by atoms with Gasteiger partial charge in [0.1, 0.15) is 23.6 Å². The van der Waals surface area contributed by atoms with Crippen molar-refractivity contribution in [3.05, 3.63) is 17.0 Å². The Morgan fingerprint density at radius 3 is 2.39 bits per heavy atom. The maximum Gasteiger partial charge on any atom is 0.311 e. The summed E-state index contributed by atoms with van der Waals surface area (Å²) in [6, 6.07) is 0. The third-order valence-electron chi connectivity index (χ3n) is 3.95. The fourth-order valence-corrected chi connectivity index (χ4v) is 2.75. The van der Waals surface area contributed by atoms with Gasteiger partial charge in [0.2, 0.25) is 5.88 Å². The number of hydrogen-bond donors (Lipinski definition) is 0. The van der Waals surface area contributed by atoms with Crippen LogP contribution in [0, 0.1) is 5.41 Å². The molecule has 1 aliphatic rings. The van der Waals surface area contributed by atoms with Gasteiger partial charge in [0.05, 0.1) is 11.1 Å². The number of hydrogen-bond acceptors (Lipinski definition) is 5. The lowest BCUT2D eigenvalue weighted by molar-refractivity contribution is -0.160. The van der Waals surface area contributed by atoms with Crippen LogP contribution < -0.4 is 4.74 Å². The normalized spacial score (nSPS) is 21.8. The Bertz CT molecular complexity index is 549. The average molecular weight is 341 g/mol. The highest BCUT2D eigenvalue weighted by molar-refractivity contribution is 6.32. The molecule has 0 unspecified atom stereocenters. The molecule has 23 heavy (non-hydrogen) atoms. The van der Waals surface area contributed by atoms with Crippen molar-refractivity contribution < 1.29 is 14.3 Å². The lowest BCUT2D eigenvalue weighted by Gasteiger charge is -2.30. The zero-order chi connectivity index (χ0) is 17.0. The van der Waals surface area contributed by atoms with Gasteiger partial charge in [0.15, 0.2) is 0 Å². The van der Waals surface area contributed by atoms with Crippen LogP contribution in [0.25, 0.3) is 0 Å². The molecule has 2 rings (SSSR count). The molecule has 0 N–H and O–H groups in total. The molecule has 0 atom stereocenters. The summed E-state index contributed by atoms with van der Waals surface area (Å²) in [4.78, 5) is 20.2. The van der Waals surface area contributed by atoms with Crippen LogP contribution in [0.15, 0.2) is 6.33 Å². The molecule has 1 aromatic heterocycles. The van der Waals surface area contributed by atoms with Crippen molar-refractivity contribution in [1.29, 1.82) is 0 Å². The molecule has 0 bridgehead atoms. The van der Waals surface area contributed by atoms with E-state index in [1.165, 1.54) is 6.33 Å². The number of aromatic nitrogens is 2. The van der Waals surface area contributed by atoms with Gasteiger partial charge < -0.3 is 9.47 Å². The minimum Gasteiger partial charge on any atom is -0.473 e. The summed E-state index contributed by atoms with van der Waals surface area (Å²) in [5.41, 5.74) is 0.336. The molecule has 1 fully saturated rings. The van der Waals surface area contributed by atoms with Gasteiger partial charge in [-0.25, -0.2) is 9.97 Å². The Kier molecular flexibility index (Phi) is 5.84. The molecule has 0 aromatic carbocycles. The van der Waals surface area contributed by atoms with E-state index < -0.39 is 5.41 Å². The highest BCUT2D eigenvalue weighted by Crippen LogP contribution is 2.30. The first-order valence-corrected chi connectivity index (χ1v) is 8.56. The zero-order valence-corrected chi connectivity index (χ0v) is 15.0. The van der Waals surface area contributed by atoms with Gasteiger partial charge in [0, 0.05) is 0 Å². The monoisotopic (exact) mass is 340 g/mol. The third kappa shape index (κ3) is 4.80. The number of esters is 1. The fourth-order valence-electron chi connectivity index (χ4n) is 2.47. The van der Waals surface area contributed by atoms with Crippen molar-refractivity contribution in [3.63, 3.8) is 0 Å². The second-order valence-corrected chi connectivity index (χ2v) is 7.34. The molecule has 0 amide bonds. The maximum absolute atomic E-state index is 11.9. The summed E-state index contributed by atoms with van der Waals surface area (Å²) >= 11 is 6.26. The van der Waals surface area contributed by atoms with E-state index in [0.717, 1.165) is 37.8 Å². The van der Waals surface area contributed by atoms with Crippen molar-refractivity contribution in [3.8, 4) is 5.88 Å². The smallest absolute Gasteiger partial charge is 0.311 e.